The van der Waals surface area contributed by atoms with Gasteiger partial charge in [-0.3, -0.25) is 4.98 Å². The fourth-order valence-corrected chi connectivity index (χ4v) is 6.29. The van der Waals surface area contributed by atoms with Gasteiger partial charge in [0.15, 0.2) is 0 Å². The Morgan fingerprint density at radius 2 is 1.20 bits per heavy atom. The van der Waals surface area contributed by atoms with E-state index in [1.807, 2.05) is 54.7 Å². The molecule has 0 aliphatic heterocycles. The molecule has 2 heterocycles. The molecule has 49 heavy (non-hydrogen) atoms. The maximum Gasteiger partial charge on any atom is 0.230 e. The van der Waals surface area contributed by atoms with Crippen molar-refractivity contribution in [2.24, 2.45) is 0 Å². The summed E-state index contributed by atoms with van der Waals surface area (Å²) < 4.78 is 6.40. The molecule has 0 spiro atoms. The van der Waals surface area contributed by atoms with Gasteiger partial charge in [0.25, 0.3) is 0 Å². The number of hydrogen-bond donors (Lipinski definition) is 1. The smallest absolute Gasteiger partial charge is 0.230 e. The Balaban J connectivity index is 0.00000378. The first-order chi connectivity index (χ1) is 23.3. The van der Waals surface area contributed by atoms with Crippen LogP contribution in [-0.2, 0) is 26.5 Å². The molecule has 0 amide bonds. The molecule has 0 bridgehead atoms. The summed E-state index contributed by atoms with van der Waals surface area (Å²) >= 11 is 0. The number of phenols is 1. The third-order valence-corrected chi connectivity index (χ3v) is 8.86. The van der Waals surface area contributed by atoms with Crippen LogP contribution < -0.4 is 0 Å². The quantitative estimate of drug-likeness (QED) is 0.176. The minimum absolute atomic E-state index is 0. The fourth-order valence-electron chi connectivity index (χ4n) is 6.29. The van der Waals surface area contributed by atoms with E-state index >= 15 is 0 Å². The van der Waals surface area contributed by atoms with Crippen molar-refractivity contribution in [2.45, 2.75) is 26.2 Å². The third kappa shape index (κ3) is 6.21. The average molecular weight is 817 g/mol. The van der Waals surface area contributed by atoms with Crippen LogP contribution in [0.25, 0.3) is 78.0 Å². The molecule has 4 nitrogen and oxygen atoms in total. The summed E-state index contributed by atoms with van der Waals surface area (Å²) in [4.78, 5) is 9.86. The van der Waals surface area contributed by atoms with Gasteiger partial charge >= 0.3 is 0 Å². The number of phenolic OH excluding ortho intramolecular Hbond substituents is 1. The molecule has 2 aromatic heterocycles. The van der Waals surface area contributed by atoms with Crippen LogP contribution in [0.15, 0.2) is 144 Å². The summed E-state index contributed by atoms with van der Waals surface area (Å²) in [7, 11) is 0. The molecule has 8 rings (SSSR count). The van der Waals surface area contributed by atoms with E-state index < -0.39 is 0 Å². The second-order valence-electron chi connectivity index (χ2n) is 13.2. The first kappa shape index (κ1) is 32.2. The van der Waals surface area contributed by atoms with Crippen molar-refractivity contribution in [1.29, 1.82) is 0 Å². The van der Waals surface area contributed by atoms with E-state index in [-0.39, 0.29) is 32.2 Å². The molecule has 0 aliphatic carbocycles. The second kappa shape index (κ2) is 13.0. The molecular formula is C44H33N2O2Pt-. The van der Waals surface area contributed by atoms with E-state index in [0.717, 1.165) is 55.4 Å². The maximum absolute atomic E-state index is 10.7. The Hall–Kier alpha value is -5.31. The molecule has 0 unspecified atom stereocenters. The predicted octanol–water partition coefficient (Wildman–Crippen LogP) is 11.5. The zero-order valence-electron chi connectivity index (χ0n) is 27.3. The minimum Gasteiger partial charge on any atom is -0.507 e. The van der Waals surface area contributed by atoms with E-state index in [9.17, 15) is 5.11 Å². The number of oxazole rings is 1. The maximum atomic E-state index is 10.7. The van der Waals surface area contributed by atoms with E-state index in [4.69, 9.17) is 14.4 Å². The van der Waals surface area contributed by atoms with Gasteiger partial charge in [-0.05, 0) is 57.3 Å². The van der Waals surface area contributed by atoms with Crippen LogP contribution in [0, 0.1) is 6.07 Å². The average Bonchev–Trinajstić information content (AvgIpc) is 3.55. The van der Waals surface area contributed by atoms with Gasteiger partial charge in [0.1, 0.15) is 11.3 Å². The Kier molecular flexibility index (Phi) is 8.52. The van der Waals surface area contributed by atoms with Crippen LogP contribution in [0.5, 0.6) is 5.75 Å². The Morgan fingerprint density at radius 1 is 0.592 bits per heavy atom. The summed E-state index contributed by atoms with van der Waals surface area (Å²) in [6.07, 6.45) is 1.85. The zero-order valence-corrected chi connectivity index (χ0v) is 29.6. The fraction of sp³-hybridized carbons (Fsp3) is 0.0909. The Bertz CT molecular complexity index is 2440. The van der Waals surface area contributed by atoms with Gasteiger partial charge in [0, 0.05) is 32.8 Å². The number of aromatic hydroxyl groups is 1. The number of nitrogens with zero attached hydrogens (tertiary/aromatic N) is 2. The number of rotatable bonds is 5. The van der Waals surface area contributed by atoms with E-state index in [0.29, 0.717) is 22.6 Å². The van der Waals surface area contributed by atoms with Gasteiger partial charge in [-0.25, -0.2) is 4.98 Å². The van der Waals surface area contributed by atoms with Crippen molar-refractivity contribution in [2.75, 3.05) is 0 Å². The number of para-hydroxylation sites is 1. The molecule has 0 saturated heterocycles. The second-order valence-corrected chi connectivity index (χ2v) is 13.2. The van der Waals surface area contributed by atoms with E-state index in [2.05, 4.69) is 99.6 Å². The van der Waals surface area contributed by atoms with Crippen molar-refractivity contribution < 1.29 is 30.6 Å². The van der Waals surface area contributed by atoms with Gasteiger partial charge in [-0.2, -0.15) is 0 Å². The molecule has 0 radical (unpaired) electrons. The Labute approximate surface area is 300 Å². The van der Waals surface area contributed by atoms with E-state index in [1.165, 1.54) is 5.56 Å². The summed E-state index contributed by atoms with van der Waals surface area (Å²) in [5, 5.41) is 11.8. The normalized spacial score (nSPS) is 11.5. The summed E-state index contributed by atoms with van der Waals surface area (Å²) in [5.41, 5.74) is 12.0. The van der Waals surface area contributed by atoms with E-state index in [1.54, 1.807) is 12.1 Å². The molecule has 6 aromatic carbocycles. The van der Waals surface area contributed by atoms with Crippen molar-refractivity contribution in [3.63, 3.8) is 0 Å². The standard InChI is InChI=1S/C44H33N2O2.Pt/c1-44(2,3)35-24-30-17-12-20-45-41(30)38(27-35)34-22-31(28-13-6-4-7-14-28)21-33(23-34)37-25-32(29-15-8-5-9-16-29)26-40-42(37)46-43(48-40)36-18-10-11-19-39(36)47;/h4-22,24-27,47H,1-3H3;/q-1;. The van der Waals surface area contributed by atoms with Crippen LogP contribution in [0.1, 0.15) is 26.3 Å². The Morgan fingerprint density at radius 3 is 1.86 bits per heavy atom. The molecule has 8 aromatic rings. The van der Waals surface area contributed by atoms with Gasteiger partial charge in [-0.1, -0.05) is 135 Å². The molecule has 1 N–H and O–H groups in total. The first-order valence-corrected chi connectivity index (χ1v) is 16.1. The van der Waals surface area contributed by atoms with Crippen LogP contribution in [0.3, 0.4) is 0 Å². The topological polar surface area (TPSA) is 59.2 Å². The third-order valence-electron chi connectivity index (χ3n) is 8.86. The molecular weight excluding hydrogens is 784 g/mol. The molecule has 242 valence electrons. The van der Waals surface area contributed by atoms with Gasteiger partial charge < -0.3 is 9.52 Å². The molecule has 0 aliphatic rings. The molecule has 0 saturated carbocycles. The SMILES string of the molecule is CC(C)(C)c1cc(-c2[c-]c(-c3cc(-c4ccccc4)cc4oc(-c5ccccc5O)nc34)cc(-c3ccccc3)c2)c2ncccc2c1.[Pt]. The largest absolute Gasteiger partial charge is 0.507 e. The van der Waals surface area contributed by atoms with Gasteiger partial charge in [0.2, 0.25) is 5.89 Å². The van der Waals surface area contributed by atoms with Gasteiger partial charge in [0.05, 0.1) is 11.1 Å². The monoisotopic (exact) mass is 816 g/mol. The summed E-state index contributed by atoms with van der Waals surface area (Å²) in [6.45, 7) is 6.72. The summed E-state index contributed by atoms with van der Waals surface area (Å²) in [5.74, 6) is 0.481. The van der Waals surface area contributed by atoms with Crippen LogP contribution in [0.4, 0.5) is 0 Å². The van der Waals surface area contributed by atoms with Crippen molar-refractivity contribution in [3.05, 3.63) is 151 Å². The molecule has 0 fully saturated rings. The summed E-state index contributed by atoms with van der Waals surface area (Å²) in [6, 6.07) is 48.9. The molecule has 5 heteroatoms. The number of hydrogen-bond acceptors (Lipinski definition) is 4. The first-order valence-electron chi connectivity index (χ1n) is 16.1. The van der Waals surface area contributed by atoms with Crippen LogP contribution in [0.2, 0.25) is 0 Å². The zero-order chi connectivity index (χ0) is 32.8. The van der Waals surface area contributed by atoms with Crippen molar-refractivity contribution in [1.82, 2.24) is 9.97 Å². The predicted molar refractivity (Wildman–Crippen MR) is 196 cm³/mol. The van der Waals surface area contributed by atoms with Crippen LogP contribution in [-0.4, -0.2) is 15.1 Å². The number of benzene rings is 6. The van der Waals surface area contributed by atoms with Gasteiger partial charge in [-0.15, -0.1) is 29.3 Å². The van der Waals surface area contributed by atoms with Crippen molar-refractivity contribution >= 4 is 22.0 Å². The number of fused-ring (bicyclic) bond motifs is 2. The van der Waals surface area contributed by atoms with Crippen LogP contribution >= 0.6 is 0 Å². The van der Waals surface area contributed by atoms with Crippen molar-refractivity contribution in [3.8, 4) is 61.7 Å². The number of pyridine rings is 1. The molecule has 0 atom stereocenters. The minimum atomic E-state index is -0.0606. The number of aromatic nitrogens is 2.